The minimum Gasteiger partial charge on any atom is -0.744 e. The zero-order chi connectivity index (χ0) is 43.8. The average Bonchev–Trinajstić information content (AvgIpc) is 3.15. The van der Waals surface area contributed by atoms with Gasteiger partial charge in [-0.15, -0.1) is 19.7 Å². The first-order chi connectivity index (χ1) is 27.6. The van der Waals surface area contributed by atoms with Gasteiger partial charge in [0.25, 0.3) is 0 Å². The Kier molecular flexibility index (Phi) is 27.7. The fourth-order valence-electron chi connectivity index (χ4n) is 4.86. The number of azo groups is 2. The number of nitrogens with two attached hydrogens (primary N) is 1. The molecule has 4 rings (SSSR count). The second-order valence-electron chi connectivity index (χ2n) is 11.1. The molecule has 35 heteroatoms. The van der Waals surface area contributed by atoms with E-state index in [2.05, 4.69) is 43.4 Å². The molecule has 0 radical (unpaired) electrons. The number of ether oxygens (including phenoxy) is 1. The SMILES string of the molecule is COc1cc(S(=O)(=O)CCOS(=O)(=O)[O-])c(C)cc1N=Nc1cc(S(=O)(=O)[O-])c2cc(SOO[O-])c(N=Nc3ccc(S(=O)(=O)CCOSOO[O-])cc3)c(O)c2c1N.[Na+].[Na+].[Na+].[Na+]. The van der Waals surface area contributed by atoms with Crippen LogP contribution in [0.4, 0.5) is 28.4 Å². The predicted octanol–water partition coefficient (Wildman–Crippen LogP) is -9.75. The number of sulfone groups is 2. The molecule has 0 amide bonds. The molecule has 63 heavy (non-hydrogen) atoms. The fraction of sp³-hybridized carbons (Fsp3) is 0.214. The zero-order valence-electron chi connectivity index (χ0n) is 33.5. The first kappa shape index (κ1) is 62.8. The van der Waals surface area contributed by atoms with Gasteiger partial charge >= 0.3 is 118 Å². The van der Waals surface area contributed by atoms with Gasteiger partial charge in [-0.05, 0) is 55.0 Å². The molecule has 0 spiro atoms. The summed E-state index contributed by atoms with van der Waals surface area (Å²) in [6.45, 7) is -0.0330. The van der Waals surface area contributed by atoms with Gasteiger partial charge in [0.1, 0.15) is 32.9 Å². The van der Waals surface area contributed by atoms with Crippen LogP contribution in [0, 0.1) is 6.92 Å². The normalized spacial score (nSPS) is 12.1. The summed E-state index contributed by atoms with van der Waals surface area (Å²) in [6, 6.07) is 8.57. The van der Waals surface area contributed by atoms with Crippen LogP contribution < -0.4 is 139 Å². The molecule has 0 aliphatic heterocycles. The summed E-state index contributed by atoms with van der Waals surface area (Å²) in [4.78, 5) is -1.88. The van der Waals surface area contributed by atoms with Crippen molar-refractivity contribution in [3.8, 4) is 11.5 Å². The molecule has 322 valence electrons. The molecule has 0 aliphatic rings. The Hall–Kier alpha value is -0.160. The van der Waals surface area contributed by atoms with Gasteiger partial charge in [-0.3, -0.25) is 18.4 Å². The minimum atomic E-state index is -5.42. The van der Waals surface area contributed by atoms with Crippen molar-refractivity contribution in [2.24, 2.45) is 20.5 Å². The number of anilines is 1. The Morgan fingerprint density at radius 2 is 1.35 bits per heavy atom. The number of aryl methyl sites for hydroxylation is 1. The second-order valence-corrected chi connectivity index (χ2v) is 18.9. The van der Waals surface area contributed by atoms with E-state index in [-0.39, 0.29) is 187 Å². The number of fused-ring (bicyclic) bond motifs is 1. The van der Waals surface area contributed by atoms with Crippen LogP contribution in [0.25, 0.3) is 10.8 Å². The summed E-state index contributed by atoms with van der Waals surface area (Å²) < 4.78 is 143. The number of phenols is 1. The van der Waals surface area contributed by atoms with E-state index >= 15 is 0 Å². The first-order valence-electron chi connectivity index (χ1n) is 15.3. The molecular formula is C28H25N5Na4O20S6. The van der Waals surface area contributed by atoms with E-state index in [1.807, 2.05) is 0 Å². The monoisotopic (exact) mass is 1030 g/mol. The van der Waals surface area contributed by atoms with Crippen LogP contribution in [-0.4, -0.2) is 79.7 Å². The van der Waals surface area contributed by atoms with Crippen LogP contribution in [0.15, 0.2) is 88.6 Å². The molecule has 0 bridgehead atoms. The number of hydrogen-bond acceptors (Lipinski definition) is 27. The third-order valence-corrected chi connectivity index (χ3v) is 13.2. The van der Waals surface area contributed by atoms with Crippen molar-refractivity contribution in [2.75, 3.05) is 37.6 Å². The first-order valence-corrected chi connectivity index (χ1v) is 22.7. The van der Waals surface area contributed by atoms with Crippen LogP contribution in [-0.2, 0) is 67.3 Å². The summed E-state index contributed by atoms with van der Waals surface area (Å²) in [5.74, 6) is -2.59. The van der Waals surface area contributed by atoms with Gasteiger partial charge in [-0.2, -0.15) is 9.45 Å². The van der Waals surface area contributed by atoms with Crippen LogP contribution in [0.5, 0.6) is 11.5 Å². The minimum absolute atomic E-state index is 0. The number of methoxy groups -OCH3 is 1. The summed E-state index contributed by atoms with van der Waals surface area (Å²) in [5, 5.41) is 53.1. The number of nitrogens with zero attached hydrogens (tertiary/aromatic N) is 4. The second kappa shape index (κ2) is 27.7. The van der Waals surface area contributed by atoms with E-state index in [1.165, 1.54) is 25.1 Å². The number of phenolic OH excluding ortho intramolecular Hbond substituents is 1. The Labute approximate surface area is 456 Å². The Morgan fingerprint density at radius 3 is 1.92 bits per heavy atom. The quantitative estimate of drug-likeness (QED) is 0.00900. The van der Waals surface area contributed by atoms with Crippen LogP contribution in [0.2, 0.25) is 0 Å². The van der Waals surface area contributed by atoms with Gasteiger partial charge in [0.2, 0.25) is 10.4 Å². The summed E-state index contributed by atoms with van der Waals surface area (Å²) in [7, 11) is -17.6. The van der Waals surface area contributed by atoms with E-state index in [0.29, 0.717) is 6.07 Å². The van der Waals surface area contributed by atoms with Crippen molar-refractivity contribution < 1.29 is 208 Å². The molecule has 0 saturated heterocycles. The third kappa shape index (κ3) is 17.7. The van der Waals surface area contributed by atoms with Crippen molar-refractivity contribution in [3.63, 3.8) is 0 Å². The topological polar surface area (TPSA) is 389 Å². The molecule has 0 unspecified atom stereocenters. The molecule has 0 saturated carbocycles. The number of aromatic hydroxyl groups is 1. The fourth-order valence-corrected chi connectivity index (χ4v) is 9.19. The molecule has 0 aromatic heterocycles. The van der Waals surface area contributed by atoms with E-state index in [9.17, 15) is 58.4 Å². The van der Waals surface area contributed by atoms with Crippen molar-refractivity contribution in [3.05, 3.63) is 54.1 Å². The number of nitrogen functional groups attached to an aromatic ring is 1. The van der Waals surface area contributed by atoms with Crippen molar-refractivity contribution >= 4 is 104 Å². The molecule has 0 heterocycles. The largest absolute Gasteiger partial charge is 1.00 e. The van der Waals surface area contributed by atoms with Gasteiger partial charge in [0.05, 0.1) is 80.2 Å². The molecule has 0 atom stereocenters. The number of benzene rings is 4. The van der Waals surface area contributed by atoms with E-state index in [1.54, 1.807) is 0 Å². The summed E-state index contributed by atoms with van der Waals surface area (Å²) >= 11 is 0.245. The van der Waals surface area contributed by atoms with Crippen molar-refractivity contribution in [1.82, 2.24) is 0 Å². The van der Waals surface area contributed by atoms with Gasteiger partial charge in [0.15, 0.2) is 37.7 Å². The standard InChI is InChI=1S/C28H29N5O20S6.4Na/c1-15-11-19(21(47-2)14-23(15)57(39,40)10-8-49-59(44,45)46)31-32-20-13-24(58(41,42)43)18-12-22(54-52-50-35)27(28(34)25(18)26(20)29)33-30-16-3-5-17(6-4-16)56(37,38)9-7-48-55-53-51-36;;;;/h3-6,11-14,34-36H,7-10,29H2,1-2H3,(H,41,42,43)(H,44,45,46);;;;/q;4*+1/p-4. The van der Waals surface area contributed by atoms with Gasteiger partial charge in [-0.25, -0.2) is 33.7 Å². The van der Waals surface area contributed by atoms with E-state index < -0.39 is 96.8 Å². The molecule has 25 nitrogen and oxygen atoms in total. The van der Waals surface area contributed by atoms with Gasteiger partial charge in [-0.1, -0.05) is 0 Å². The maximum atomic E-state index is 12.9. The van der Waals surface area contributed by atoms with Crippen molar-refractivity contribution in [2.45, 2.75) is 26.5 Å². The molecule has 4 aromatic rings. The maximum absolute atomic E-state index is 12.9. The van der Waals surface area contributed by atoms with Crippen LogP contribution >= 0.6 is 24.4 Å². The Balaban J connectivity index is 0.00000961. The Morgan fingerprint density at radius 1 is 0.746 bits per heavy atom. The third-order valence-electron chi connectivity index (χ3n) is 7.40. The van der Waals surface area contributed by atoms with Gasteiger partial charge < -0.3 is 35.2 Å². The smallest absolute Gasteiger partial charge is 0.744 e. The zero-order valence-corrected chi connectivity index (χ0v) is 46.4. The molecule has 0 aliphatic carbocycles. The average molecular weight is 1040 g/mol. The van der Waals surface area contributed by atoms with Crippen molar-refractivity contribution in [1.29, 1.82) is 0 Å². The molecule has 4 aromatic carbocycles. The van der Waals surface area contributed by atoms with Crippen LogP contribution in [0.1, 0.15) is 5.56 Å². The van der Waals surface area contributed by atoms with Crippen LogP contribution in [0.3, 0.4) is 0 Å². The molecular weight excluding hydrogens is 1010 g/mol. The number of hydrogen-bond donors (Lipinski definition) is 2. The molecule has 0 fully saturated rings. The number of rotatable bonds is 21. The summed E-state index contributed by atoms with van der Waals surface area (Å²) in [5.41, 5.74) is 4.64. The van der Waals surface area contributed by atoms with E-state index in [4.69, 9.17) is 14.7 Å². The molecule has 3 N–H and O–H groups in total. The van der Waals surface area contributed by atoms with E-state index in [0.717, 1.165) is 31.4 Å². The van der Waals surface area contributed by atoms with Gasteiger partial charge in [0, 0.05) is 11.5 Å². The maximum Gasteiger partial charge on any atom is 1.00 e. The Bertz CT molecular complexity index is 2720. The summed E-state index contributed by atoms with van der Waals surface area (Å²) in [6.07, 6.45) is 0. The predicted molar refractivity (Wildman–Crippen MR) is 194 cm³/mol.